The van der Waals surface area contributed by atoms with Gasteiger partial charge < -0.3 is 15.4 Å². The van der Waals surface area contributed by atoms with E-state index in [9.17, 15) is 9.59 Å². The molecular formula is C24H27N5O3S. The summed E-state index contributed by atoms with van der Waals surface area (Å²) in [7, 11) is 0. The van der Waals surface area contributed by atoms with Gasteiger partial charge in [-0.05, 0) is 49.2 Å². The van der Waals surface area contributed by atoms with Gasteiger partial charge in [0.25, 0.3) is 0 Å². The first-order chi connectivity index (χ1) is 15.9. The van der Waals surface area contributed by atoms with Gasteiger partial charge in [-0.15, -0.1) is 11.3 Å². The van der Waals surface area contributed by atoms with Crippen LogP contribution in [0.4, 0.5) is 21.3 Å². The number of ether oxygens (including phenoxy) is 1. The maximum absolute atomic E-state index is 12.4. The Hall–Kier alpha value is -3.27. The number of aryl methyl sites for hydroxylation is 2. The maximum Gasteiger partial charge on any atom is 0.325 e. The predicted octanol–water partition coefficient (Wildman–Crippen LogP) is 4.34. The van der Waals surface area contributed by atoms with Crippen molar-refractivity contribution in [1.82, 2.24) is 9.88 Å². The third-order valence-electron chi connectivity index (χ3n) is 5.12. The van der Waals surface area contributed by atoms with Gasteiger partial charge >= 0.3 is 6.03 Å². The summed E-state index contributed by atoms with van der Waals surface area (Å²) in [6.07, 6.45) is 0. The van der Waals surface area contributed by atoms with E-state index in [1.807, 2.05) is 55.6 Å². The Morgan fingerprint density at radius 1 is 1.00 bits per heavy atom. The Kier molecular flexibility index (Phi) is 7.33. The number of urea groups is 1. The highest BCUT2D eigenvalue weighted by molar-refractivity contribution is 7.14. The lowest BCUT2D eigenvalue weighted by Crippen LogP contribution is -2.41. The fraction of sp³-hybridized carbons (Fsp3) is 0.292. The largest absolute Gasteiger partial charge is 0.379 e. The number of hydrogen-bond acceptors (Lipinski definition) is 6. The van der Waals surface area contributed by atoms with Crippen LogP contribution >= 0.6 is 11.3 Å². The zero-order chi connectivity index (χ0) is 23.2. The molecule has 1 aromatic heterocycles. The number of nitrogens with zero attached hydrogens (tertiary/aromatic N) is 2. The van der Waals surface area contributed by atoms with Gasteiger partial charge in [-0.1, -0.05) is 18.2 Å². The van der Waals surface area contributed by atoms with Gasteiger partial charge in [-0.3, -0.25) is 15.0 Å². The predicted molar refractivity (Wildman–Crippen MR) is 132 cm³/mol. The first-order valence-corrected chi connectivity index (χ1v) is 11.6. The Labute approximate surface area is 197 Å². The van der Waals surface area contributed by atoms with Crippen LogP contribution < -0.4 is 16.0 Å². The molecule has 9 heteroatoms. The average Bonchev–Trinajstić information content (AvgIpc) is 3.22. The molecule has 0 saturated carbocycles. The monoisotopic (exact) mass is 465 g/mol. The van der Waals surface area contributed by atoms with Crippen molar-refractivity contribution in [3.05, 3.63) is 59.0 Å². The van der Waals surface area contributed by atoms with Gasteiger partial charge in [0, 0.05) is 35.4 Å². The molecule has 3 amide bonds. The van der Waals surface area contributed by atoms with E-state index in [2.05, 4.69) is 31.9 Å². The summed E-state index contributed by atoms with van der Waals surface area (Å²) in [4.78, 5) is 31.4. The Morgan fingerprint density at radius 3 is 2.52 bits per heavy atom. The van der Waals surface area contributed by atoms with E-state index in [1.165, 1.54) is 11.3 Å². The number of hydrogen-bond donors (Lipinski definition) is 3. The van der Waals surface area contributed by atoms with Crippen LogP contribution in [0.2, 0.25) is 0 Å². The number of anilines is 3. The summed E-state index contributed by atoms with van der Waals surface area (Å²) in [5.74, 6) is -0.0576. The number of rotatable bonds is 6. The molecular weight excluding hydrogens is 438 g/mol. The SMILES string of the molecule is Cc1cc(C)cc(NC(=O)Nc2nc(-c3cccc(NC(=O)CN4CCOCC4)c3)cs2)c1. The first-order valence-electron chi connectivity index (χ1n) is 10.8. The van der Waals surface area contributed by atoms with E-state index >= 15 is 0 Å². The number of amides is 3. The third-order valence-corrected chi connectivity index (χ3v) is 5.87. The molecule has 1 saturated heterocycles. The molecule has 0 bridgehead atoms. The highest BCUT2D eigenvalue weighted by Gasteiger charge is 2.15. The van der Waals surface area contributed by atoms with Crippen molar-refractivity contribution in [1.29, 1.82) is 0 Å². The summed E-state index contributed by atoms with van der Waals surface area (Å²) in [5, 5.41) is 10.9. The lowest BCUT2D eigenvalue weighted by molar-refractivity contribution is -0.118. The molecule has 0 spiro atoms. The van der Waals surface area contributed by atoms with E-state index in [0.29, 0.717) is 30.6 Å². The molecule has 3 N–H and O–H groups in total. The van der Waals surface area contributed by atoms with Gasteiger partial charge in [-0.25, -0.2) is 9.78 Å². The van der Waals surface area contributed by atoms with Crippen molar-refractivity contribution in [2.45, 2.75) is 13.8 Å². The molecule has 4 rings (SSSR count). The van der Waals surface area contributed by atoms with E-state index in [4.69, 9.17) is 4.74 Å². The van der Waals surface area contributed by atoms with Crippen LogP contribution in [0.1, 0.15) is 11.1 Å². The number of aromatic nitrogens is 1. The van der Waals surface area contributed by atoms with E-state index in [1.54, 1.807) is 0 Å². The van der Waals surface area contributed by atoms with Crippen molar-refractivity contribution in [2.75, 3.05) is 48.8 Å². The zero-order valence-corrected chi connectivity index (χ0v) is 19.5. The molecule has 0 radical (unpaired) electrons. The number of carbonyl (C=O) groups excluding carboxylic acids is 2. The Morgan fingerprint density at radius 2 is 1.76 bits per heavy atom. The molecule has 2 heterocycles. The third kappa shape index (κ3) is 6.61. The van der Waals surface area contributed by atoms with Crippen molar-refractivity contribution in [3.8, 4) is 11.3 Å². The van der Waals surface area contributed by atoms with Crippen LogP contribution in [0, 0.1) is 13.8 Å². The lowest BCUT2D eigenvalue weighted by atomic mass is 10.1. The number of nitrogens with one attached hydrogen (secondary N) is 3. The molecule has 33 heavy (non-hydrogen) atoms. The average molecular weight is 466 g/mol. The molecule has 0 unspecified atom stereocenters. The molecule has 172 valence electrons. The first kappa shape index (κ1) is 22.9. The summed E-state index contributed by atoms with van der Waals surface area (Å²) < 4.78 is 5.32. The number of thiazole rings is 1. The summed E-state index contributed by atoms with van der Waals surface area (Å²) in [5.41, 5.74) is 5.20. The van der Waals surface area contributed by atoms with Crippen LogP contribution in [0.5, 0.6) is 0 Å². The van der Waals surface area contributed by atoms with E-state index in [-0.39, 0.29) is 11.9 Å². The minimum Gasteiger partial charge on any atom is -0.379 e. The van der Waals surface area contributed by atoms with Crippen LogP contribution in [0.15, 0.2) is 47.8 Å². The zero-order valence-electron chi connectivity index (χ0n) is 18.7. The van der Waals surface area contributed by atoms with Gasteiger partial charge in [-0.2, -0.15) is 0 Å². The highest BCUT2D eigenvalue weighted by atomic mass is 32.1. The molecule has 1 aliphatic heterocycles. The van der Waals surface area contributed by atoms with Crippen molar-refractivity contribution < 1.29 is 14.3 Å². The maximum atomic E-state index is 12.4. The quantitative estimate of drug-likeness (QED) is 0.503. The molecule has 8 nitrogen and oxygen atoms in total. The van der Waals surface area contributed by atoms with Crippen LogP contribution in [0.3, 0.4) is 0 Å². The molecule has 1 aliphatic rings. The van der Waals surface area contributed by atoms with Crippen LogP contribution in [0.25, 0.3) is 11.3 Å². The summed E-state index contributed by atoms with van der Waals surface area (Å²) in [6.45, 7) is 7.16. The number of morpholine rings is 1. The van der Waals surface area contributed by atoms with Crippen molar-refractivity contribution >= 4 is 39.8 Å². The minimum atomic E-state index is -0.343. The van der Waals surface area contributed by atoms with Crippen LogP contribution in [-0.2, 0) is 9.53 Å². The molecule has 1 fully saturated rings. The minimum absolute atomic E-state index is 0.0576. The van der Waals surface area contributed by atoms with Crippen LogP contribution in [-0.4, -0.2) is 54.7 Å². The second-order valence-corrected chi connectivity index (χ2v) is 8.87. The van der Waals surface area contributed by atoms with E-state index < -0.39 is 0 Å². The second-order valence-electron chi connectivity index (χ2n) is 8.01. The summed E-state index contributed by atoms with van der Waals surface area (Å²) >= 11 is 1.34. The van der Waals surface area contributed by atoms with Crippen molar-refractivity contribution in [3.63, 3.8) is 0 Å². The molecule has 2 aromatic carbocycles. The summed E-state index contributed by atoms with van der Waals surface area (Å²) in [6, 6.07) is 13.1. The Bertz CT molecular complexity index is 1120. The fourth-order valence-corrected chi connectivity index (χ4v) is 4.40. The fourth-order valence-electron chi connectivity index (χ4n) is 3.69. The highest BCUT2D eigenvalue weighted by Crippen LogP contribution is 2.27. The Balaban J connectivity index is 1.35. The van der Waals surface area contributed by atoms with Gasteiger partial charge in [0.05, 0.1) is 25.5 Å². The molecule has 3 aromatic rings. The normalized spacial score (nSPS) is 14.0. The number of benzene rings is 2. The number of carbonyl (C=O) groups is 2. The van der Waals surface area contributed by atoms with Gasteiger partial charge in [0.15, 0.2) is 5.13 Å². The second kappa shape index (κ2) is 10.6. The topological polar surface area (TPSA) is 95.6 Å². The molecule has 0 atom stereocenters. The van der Waals surface area contributed by atoms with Gasteiger partial charge in [0.1, 0.15) is 0 Å². The van der Waals surface area contributed by atoms with E-state index in [0.717, 1.165) is 41.2 Å². The van der Waals surface area contributed by atoms with Crippen molar-refractivity contribution in [2.24, 2.45) is 0 Å². The standard InChI is InChI=1S/C24H27N5O3S/c1-16-10-17(2)12-20(11-16)26-23(31)28-24-27-21(15-33-24)18-4-3-5-19(13-18)25-22(30)14-29-6-8-32-9-7-29/h3-5,10-13,15H,6-9,14H2,1-2H3,(H,25,30)(H2,26,27,28,31). The smallest absolute Gasteiger partial charge is 0.325 e. The lowest BCUT2D eigenvalue weighted by Gasteiger charge is -2.25. The van der Waals surface area contributed by atoms with Gasteiger partial charge in [0.2, 0.25) is 5.91 Å². The molecule has 0 aliphatic carbocycles.